The predicted octanol–water partition coefficient (Wildman–Crippen LogP) is 2.37. The van der Waals surface area contributed by atoms with Gasteiger partial charge in [-0.25, -0.2) is 0 Å². The Labute approximate surface area is 197 Å². The number of carbonyl (C=O) groups is 1. The van der Waals surface area contributed by atoms with E-state index in [2.05, 4.69) is 25.8 Å². The van der Waals surface area contributed by atoms with Crippen molar-refractivity contribution in [2.75, 3.05) is 45.3 Å². The van der Waals surface area contributed by atoms with Crippen LogP contribution >= 0.6 is 24.0 Å². The zero-order chi connectivity index (χ0) is 21.2. The minimum absolute atomic E-state index is 0. The quantitative estimate of drug-likeness (QED) is 0.257. The number of ether oxygens (including phenoxy) is 2. The van der Waals surface area contributed by atoms with Crippen LogP contribution in [-0.2, 0) is 4.79 Å². The first-order chi connectivity index (χ1) is 13.9. The Bertz CT molecular complexity index is 677. The number of halogens is 1. The summed E-state index contributed by atoms with van der Waals surface area (Å²) in [6.45, 7) is 8.96. The van der Waals surface area contributed by atoms with E-state index < -0.39 is 0 Å². The first-order valence-corrected chi connectivity index (χ1v) is 10.3. The Morgan fingerprint density at radius 3 is 2.47 bits per heavy atom. The van der Waals surface area contributed by atoms with Gasteiger partial charge in [0.2, 0.25) is 5.91 Å². The lowest BCUT2D eigenvalue weighted by Crippen LogP contribution is -2.44. The second kappa shape index (κ2) is 13.4. The number of amides is 1. The highest BCUT2D eigenvalue weighted by atomic mass is 127. The second-order valence-electron chi connectivity index (χ2n) is 7.38. The van der Waals surface area contributed by atoms with Crippen LogP contribution in [0, 0.1) is 0 Å². The number of methoxy groups -OCH3 is 2. The van der Waals surface area contributed by atoms with Gasteiger partial charge in [-0.15, -0.1) is 24.0 Å². The molecular formula is C21H36IN5O3. The lowest BCUT2D eigenvalue weighted by Gasteiger charge is -2.21. The van der Waals surface area contributed by atoms with E-state index in [4.69, 9.17) is 9.47 Å². The van der Waals surface area contributed by atoms with Gasteiger partial charge >= 0.3 is 0 Å². The summed E-state index contributed by atoms with van der Waals surface area (Å²) < 4.78 is 10.8. The molecule has 1 fully saturated rings. The number of anilines is 1. The van der Waals surface area contributed by atoms with Crippen molar-refractivity contribution in [2.24, 2.45) is 4.99 Å². The second-order valence-corrected chi connectivity index (χ2v) is 7.38. The van der Waals surface area contributed by atoms with E-state index in [1.165, 1.54) is 0 Å². The summed E-state index contributed by atoms with van der Waals surface area (Å²) >= 11 is 0. The maximum atomic E-state index is 11.8. The van der Waals surface area contributed by atoms with Crippen LogP contribution in [-0.4, -0.2) is 64.3 Å². The topological polar surface area (TPSA) is 87.2 Å². The molecule has 0 aliphatic carbocycles. The van der Waals surface area contributed by atoms with Gasteiger partial charge in [0.25, 0.3) is 0 Å². The molecule has 1 aliphatic rings. The van der Waals surface area contributed by atoms with Gasteiger partial charge in [0.15, 0.2) is 5.96 Å². The van der Waals surface area contributed by atoms with Crippen molar-refractivity contribution in [3.8, 4) is 11.5 Å². The minimum atomic E-state index is 0. The summed E-state index contributed by atoms with van der Waals surface area (Å²) in [7, 11) is 3.32. The number of nitrogens with one attached hydrogen (secondary N) is 3. The Morgan fingerprint density at radius 2 is 1.90 bits per heavy atom. The van der Waals surface area contributed by atoms with Crippen molar-refractivity contribution in [2.45, 2.75) is 45.7 Å². The molecule has 1 atom stereocenters. The third-order valence-electron chi connectivity index (χ3n) is 4.63. The minimum Gasteiger partial charge on any atom is -0.497 e. The number of carbonyl (C=O) groups excluding carboxylic acids is 1. The molecule has 0 aromatic heterocycles. The highest BCUT2D eigenvalue weighted by Gasteiger charge is 2.24. The molecule has 170 valence electrons. The fraction of sp³-hybridized carbons (Fsp3) is 0.619. The van der Waals surface area contributed by atoms with Crippen LogP contribution in [0.1, 0.15) is 33.6 Å². The molecule has 1 unspecified atom stereocenters. The summed E-state index contributed by atoms with van der Waals surface area (Å²) in [5, 5.41) is 9.64. The molecule has 0 spiro atoms. The molecule has 1 aromatic rings. The number of aliphatic imine (C=N–C) groups is 1. The number of hydrogen-bond acceptors (Lipinski definition) is 5. The van der Waals surface area contributed by atoms with Gasteiger partial charge in [-0.05, 0) is 27.2 Å². The van der Waals surface area contributed by atoms with E-state index in [1.807, 2.05) is 39.0 Å². The van der Waals surface area contributed by atoms with E-state index in [0.29, 0.717) is 13.0 Å². The van der Waals surface area contributed by atoms with Gasteiger partial charge in [-0.2, -0.15) is 0 Å². The predicted molar refractivity (Wildman–Crippen MR) is 133 cm³/mol. The van der Waals surface area contributed by atoms with E-state index in [-0.39, 0.29) is 42.0 Å². The summed E-state index contributed by atoms with van der Waals surface area (Å²) in [6, 6.07) is 6.35. The van der Waals surface area contributed by atoms with Gasteiger partial charge in [0, 0.05) is 62.0 Å². The zero-order valence-corrected chi connectivity index (χ0v) is 21.0. The maximum Gasteiger partial charge on any atom is 0.222 e. The fourth-order valence-corrected chi connectivity index (χ4v) is 3.26. The summed E-state index contributed by atoms with van der Waals surface area (Å²) in [6.07, 6.45) is 1.38. The molecule has 9 heteroatoms. The lowest BCUT2D eigenvalue weighted by atomic mass is 10.2. The van der Waals surface area contributed by atoms with Crippen molar-refractivity contribution < 1.29 is 14.3 Å². The van der Waals surface area contributed by atoms with Gasteiger partial charge in [0.05, 0.1) is 20.8 Å². The average Bonchev–Trinajstić information content (AvgIpc) is 3.15. The molecule has 0 bridgehead atoms. The van der Waals surface area contributed by atoms with E-state index >= 15 is 0 Å². The molecule has 30 heavy (non-hydrogen) atoms. The van der Waals surface area contributed by atoms with Crippen molar-refractivity contribution in [3.05, 3.63) is 18.2 Å². The Balaban J connectivity index is 0.00000450. The molecule has 0 saturated carbocycles. The van der Waals surface area contributed by atoms with Crippen LogP contribution in [0.15, 0.2) is 23.2 Å². The van der Waals surface area contributed by atoms with Crippen molar-refractivity contribution in [1.29, 1.82) is 0 Å². The van der Waals surface area contributed by atoms with Gasteiger partial charge < -0.3 is 30.3 Å². The Hall–Kier alpha value is -1.91. The van der Waals surface area contributed by atoms with Crippen molar-refractivity contribution in [3.63, 3.8) is 0 Å². The molecule has 1 aromatic carbocycles. The summed E-state index contributed by atoms with van der Waals surface area (Å²) in [5.41, 5.74) is 1.08. The largest absolute Gasteiger partial charge is 0.497 e. The number of benzene rings is 1. The third-order valence-corrected chi connectivity index (χ3v) is 4.63. The number of nitrogens with zero attached hydrogens (tertiary/aromatic N) is 2. The standard InChI is InChI=1S/C21H35N5O3.HI/c1-6-22-21(23-9-7-20(27)24-15(2)3)25-16-8-10-26(14-16)17-11-18(28-4)13-19(12-17)29-5;/h11-13,15-16H,6-10,14H2,1-5H3,(H,24,27)(H2,22,23,25);1H. The molecule has 1 aliphatic heterocycles. The van der Waals surface area contributed by atoms with Crippen LogP contribution in [0.3, 0.4) is 0 Å². The third kappa shape index (κ3) is 8.45. The molecule has 1 amide bonds. The van der Waals surface area contributed by atoms with Crippen LogP contribution in [0.2, 0.25) is 0 Å². The fourth-order valence-electron chi connectivity index (χ4n) is 3.26. The van der Waals surface area contributed by atoms with Crippen LogP contribution in [0.5, 0.6) is 11.5 Å². The SMILES string of the molecule is CCNC(=NCCC(=O)NC(C)C)NC1CCN(c2cc(OC)cc(OC)c2)C1.I. The first kappa shape index (κ1) is 26.1. The van der Waals surface area contributed by atoms with Crippen LogP contribution in [0.4, 0.5) is 5.69 Å². The summed E-state index contributed by atoms with van der Waals surface area (Å²) in [5.74, 6) is 2.34. The number of rotatable bonds is 9. The first-order valence-electron chi connectivity index (χ1n) is 10.3. The van der Waals surface area contributed by atoms with Crippen molar-refractivity contribution >= 4 is 41.5 Å². The lowest BCUT2D eigenvalue weighted by molar-refractivity contribution is -0.121. The zero-order valence-electron chi connectivity index (χ0n) is 18.7. The Morgan fingerprint density at radius 1 is 1.23 bits per heavy atom. The van der Waals surface area contributed by atoms with Crippen LogP contribution in [0.25, 0.3) is 0 Å². The molecule has 1 saturated heterocycles. The maximum absolute atomic E-state index is 11.8. The van der Waals surface area contributed by atoms with Gasteiger partial charge in [-0.3, -0.25) is 9.79 Å². The van der Waals surface area contributed by atoms with E-state index in [1.54, 1.807) is 14.2 Å². The molecule has 1 heterocycles. The molecule has 0 radical (unpaired) electrons. The monoisotopic (exact) mass is 533 g/mol. The smallest absolute Gasteiger partial charge is 0.222 e. The normalized spacial score (nSPS) is 16.1. The number of hydrogen-bond donors (Lipinski definition) is 3. The van der Waals surface area contributed by atoms with Gasteiger partial charge in [-0.1, -0.05) is 0 Å². The highest BCUT2D eigenvalue weighted by Crippen LogP contribution is 2.30. The van der Waals surface area contributed by atoms with Crippen LogP contribution < -0.4 is 30.3 Å². The molecule has 8 nitrogen and oxygen atoms in total. The van der Waals surface area contributed by atoms with Crippen molar-refractivity contribution in [1.82, 2.24) is 16.0 Å². The number of guanidine groups is 1. The molecule has 2 rings (SSSR count). The van der Waals surface area contributed by atoms with E-state index in [0.717, 1.165) is 49.2 Å². The Kier molecular flexibility index (Phi) is 11.7. The highest BCUT2D eigenvalue weighted by molar-refractivity contribution is 14.0. The average molecular weight is 533 g/mol. The van der Waals surface area contributed by atoms with E-state index in [9.17, 15) is 4.79 Å². The summed E-state index contributed by atoms with van der Waals surface area (Å²) in [4.78, 5) is 18.7. The van der Waals surface area contributed by atoms with Gasteiger partial charge in [0.1, 0.15) is 11.5 Å². The molecule has 3 N–H and O–H groups in total. The molecular weight excluding hydrogens is 497 g/mol.